The molecular formula is C20H15NO3. The van der Waals surface area contributed by atoms with E-state index < -0.39 is 5.97 Å². The lowest BCUT2D eigenvalue weighted by molar-refractivity contribution is -0.131. The lowest BCUT2D eigenvalue weighted by Gasteiger charge is -2.05. The summed E-state index contributed by atoms with van der Waals surface area (Å²) in [4.78, 5) is 26.3. The summed E-state index contributed by atoms with van der Waals surface area (Å²) in [7, 11) is 0. The first-order valence-corrected chi connectivity index (χ1v) is 7.43. The molecule has 0 aliphatic rings. The van der Waals surface area contributed by atoms with Crippen LogP contribution >= 0.6 is 0 Å². The zero-order valence-electron chi connectivity index (χ0n) is 12.8. The van der Waals surface area contributed by atoms with Crippen LogP contribution in [0.15, 0.2) is 73.1 Å². The minimum absolute atomic E-state index is 0.0571. The van der Waals surface area contributed by atoms with E-state index in [0.29, 0.717) is 11.1 Å². The topological polar surface area (TPSA) is 70.2 Å². The maximum absolute atomic E-state index is 12.7. The summed E-state index contributed by atoms with van der Waals surface area (Å²) < 4.78 is 0. The number of aliphatic carboxylic acids is 1. The molecule has 0 radical (unpaired) electrons. The van der Waals surface area contributed by atoms with Crippen LogP contribution in [0.1, 0.15) is 21.5 Å². The Morgan fingerprint density at radius 1 is 0.958 bits per heavy atom. The van der Waals surface area contributed by atoms with Crippen LogP contribution in [0.5, 0.6) is 0 Å². The van der Waals surface area contributed by atoms with Crippen molar-refractivity contribution in [3.8, 4) is 11.1 Å². The minimum Gasteiger partial charge on any atom is -0.478 e. The molecule has 118 valence electrons. The Kier molecular flexibility index (Phi) is 4.38. The first-order chi connectivity index (χ1) is 11.6. The molecule has 4 heteroatoms. The molecule has 1 heterocycles. The molecule has 0 saturated carbocycles. The van der Waals surface area contributed by atoms with Crippen molar-refractivity contribution in [2.75, 3.05) is 0 Å². The Balaban J connectivity index is 1.98. The highest BCUT2D eigenvalue weighted by Gasteiger charge is 2.15. The van der Waals surface area contributed by atoms with Gasteiger partial charge in [0.05, 0.1) is 0 Å². The van der Waals surface area contributed by atoms with Crippen molar-refractivity contribution < 1.29 is 14.7 Å². The number of benzene rings is 2. The van der Waals surface area contributed by atoms with Gasteiger partial charge in [0.2, 0.25) is 0 Å². The van der Waals surface area contributed by atoms with Gasteiger partial charge in [-0.05, 0) is 23.3 Å². The number of hydrogen-bond donors (Lipinski definition) is 2. The van der Waals surface area contributed by atoms with Crippen LogP contribution < -0.4 is 0 Å². The molecule has 24 heavy (non-hydrogen) atoms. The average molecular weight is 317 g/mol. The molecule has 0 aliphatic heterocycles. The van der Waals surface area contributed by atoms with E-state index in [1.807, 2.05) is 42.5 Å². The fourth-order valence-corrected chi connectivity index (χ4v) is 2.51. The Labute approximate surface area is 139 Å². The van der Waals surface area contributed by atoms with Crippen molar-refractivity contribution in [2.24, 2.45) is 0 Å². The van der Waals surface area contributed by atoms with Gasteiger partial charge in [-0.15, -0.1) is 0 Å². The molecule has 2 aromatic carbocycles. The van der Waals surface area contributed by atoms with Crippen molar-refractivity contribution in [3.63, 3.8) is 0 Å². The smallest absolute Gasteiger partial charge is 0.328 e. The van der Waals surface area contributed by atoms with Crippen LogP contribution in [-0.4, -0.2) is 21.8 Å². The Hall–Kier alpha value is -3.40. The van der Waals surface area contributed by atoms with E-state index in [4.69, 9.17) is 5.11 Å². The molecular weight excluding hydrogens is 302 g/mol. The summed E-state index contributed by atoms with van der Waals surface area (Å²) in [6, 6.07) is 16.5. The second-order valence-electron chi connectivity index (χ2n) is 5.27. The molecule has 0 atom stereocenters. The van der Waals surface area contributed by atoms with Gasteiger partial charge in [0, 0.05) is 35.2 Å². The predicted octanol–water partition coefficient (Wildman–Crippen LogP) is 4.01. The normalized spacial score (nSPS) is 10.8. The SMILES string of the molecule is O=C(O)/C=C/c1cccc(-c2c[nH]cc2C(=O)c2ccccc2)c1. The van der Waals surface area contributed by atoms with Gasteiger partial charge in [-0.3, -0.25) is 4.79 Å². The van der Waals surface area contributed by atoms with Gasteiger partial charge in [0.1, 0.15) is 0 Å². The number of H-pyrrole nitrogens is 1. The predicted molar refractivity (Wildman–Crippen MR) is 92.8 cm³/mol. The van der Waals surface area contributed by atoms with E-state index in [0.717, 1.165) is 22.8 Å². The van der Waals surface area contributed by atoms with Gasteiger partial charge in [-0.2, -0.15) is 0 Å². The molecule has 0 spiro atoms. The zero-order chi connectivity index (χ0) is 16.9. The van der Waals surface area contributed by atoms with E-state index in [2.05, 4.69) is 4.98 Å². The molecule has 0 saturated heterocycles. The number of aromatic amines is 1. The van der Waals surface area contributed by atoms with Gasteiger partial charge >= 0.3 is 5.97 Å². The summed E-state index contributed by atoms with van der Waals surface area (Å²) in [6.45, 7) is 0. The summed E-state index contributed by atoms with van der Waals surface area (Å²) in [5.74, 6) is -1.06. The highest BCUT2D eigenvalue weighted by Crippen LogP contribution is 2.26. The number of nitrogens with one attached hydrogen (secondary N) is 1. The molecule has 0 fully saturated rings. The first-order valence-electron chi connectivity index (χ1n) is 7.43. The third kappa shape index (κ3) is 3.33. The summed E-state index contributed by atoms with van der Waals surface area (Å²) >= 11 is 0. The van der Waals surface area contributed by atoms with Crippen LogP contribution in [0.3, 0.4) is 0 Å². The Bertz CT molecular complexity index is 907. The molecule has 2 N–H and O–H groups in total. The van der Waals surface area contributed by atoms with E-state index in [1.165, 1.54) is 6.08 Å². The van der Waals surface area contributed by atoms with E-state index in [-0.39, 0.29) is 5.78 Å². The molecule has 0 unspecified atom stereocenters. The first kappa shape index (κ1) is 15.5. The quantitative estimate of drug-likeness (QED) is 0.552. The third-order valence-electron chi connectivity index (χ3n) is 3.64. The third-order valence-corrected chi connectivity index (χ3v) is 3.64. The zero-order valence-corrected chi connectivity index (χ0v) is 12.8. The standard InChI is InChI=1S/C20H15NO3/c22-19(23)10-9-14-5-4-8-16(11-14)17-12-21-13-18(17)20(24)15-6-2-1-3-7-15/h1-13,21H,(H,22,23)/b10-9+. The monoisotopic (exact) mass is 317 g/mol. The number of carbonyl (C=O) groups is 2. The highest BCUT2D eigenvalue weighted by atomic mass is 16.4. The van der Waals surface area contributed by atoms with E-state index >= 15 is 0 Å². The van der Waals surface area contributed by atoms with Gasteiger partial charge in [0.25, 0.3) is 0 Å². The van der Waals surface area contributed by atoms with E-state index in [9.17, 15) is 9.59 Å². The Morgan fingerprint density at radius 2 is 1.75 bits per heavy atom. The largest absolute Gasteiger partial charge is 0.478 e. The maximum atomic E-state index is 12.7. The van der Waals surface area contributed by atoms with Gasteiger partial charge in [-0.25, -0.2) is 4.79 Å². The highest BCUT2D eigenvalue weighted by molar-refractivity contribution is 6.12. The lowest BCUT2D eigenvalue weighted by atomic mass is 9.97. The van der Waals surface area contributed by atoms with Gasteiger partial charge in [-0.1, -0.05) is 48.5 Å². The maximum Gasteiger partial charge on any atom is 0.328 e. The van der Waals surface area contributed by atoms with Gasteiger partial charge in [0.15, 0.2) is 5.78 Å². The number of carboxylic acid groups (broad SMARTS) is 1. The molecule has 0 bridgehead atoms. The molecule has 4 nitrogen and oxygen atoms in total. The van der Waals surface area contributed by atoms with Crippen LogP contribution in [0.2, 0.25) is 0 Å². The lowest BCUT2D eigenvalue weighted by Crippen LogP contribution is -2.01. The van der Waals surface area contributed by atoms with Crippen LogP contribution in [-0.2, 0) is 4.79 Å². The molecule has 3 aromatic rings. The number of ketones is 1. The average Bonchev–Trinajstić information content (AvgIpc) is 3.10. The van der Waals surface area contributed by atoms with Gasteiger partial charge < -0.3 is 10.1 Å². The summed E-state index contributed by atoms with van der Waals surface area (Å²) in [5.41, 5.74) is 3.60. The Morgan fingerprint density at radius 3 is 2.50 bits per heavy atom. The van der Waals surface area contributed by atoms with Crippen molar-refractivity contribution in [1.29, 1.82) is 0 Å². The molecule has 1 aromatic heterocycles. The van der Waals surface area contributed by atoms with Crippen molar-refractivity contribution in [1.82, 2.24) is 4.98 Å². The summed E-state index contributed by atoms with van der Waals surface area (Å²) in [6.07, 6.45) is 6.07. The number of carbonyl (C=O) groups excluding carboxylic acids is 1. The molecule has 0 aliphatic carbocycles. The fourth-order valence-electron chi connectivity index (χ4n) is 2.51. The van der Waals surface area contributed by atoms with Crippen LogP contribution in [0.4, 0.5) is 0 Å². The van der Waals surface area contributed by atoms with Crippen molar-refractivity contribution in [3.05, 3.63) is 89.8 Å². The van der Waals surface area contributed by atoms with Crippen molar-refractivity contribution in [2.45, 2.75) is 0 Å². The number of carboxylic acids is 1. The minimum atomic E-state index is -0.998. The summed E-state index contributed by atoms with van der Waals surface area (Å²) in [5, 5.41) is 8.73. The second kappa shape index (κ2) is 6.79. The molecule has 3 rings (SSSR count). The second-order valence-corrected chi connectivity index (χ2v) is 5.27. The number of aromatic nitrogens is 1. The van der Waals surface area contributed by atoms with Crippen LogP contribution in [0.25, 0.3) is 17.2 Å². The fraction of sp³-hybridized carbons (Fsp3) is 0. The molecule has 0 amide bonds. The number of hydrogen-bond acceptors (Lipinski definition) is 2. The van der Waals surface area contributed by atoms with Crippen molar-refractivity contribution >= 4 is 17.8 Å². The number of rotatable bonds is 5. The van der Waals surface area contributed by atoms with E-state index in [1.54, 1.807) is 24.5 Å². The van der Waals surface area contributed by atoms with Crippen LogP contribution in [0, 0.1) is 0 Å².